The summed E-state index contributed by atoms with van der Waals surface area (Å²) in [7, 11) is -3.58. The summed E-state index contributed by atoms with van der Waals surface area (Å²) in [5.74, 6) is 0. The molecule has 0 amide bonds. The van der Waals surface area contributed by atoms with E-state index in [1.807, 2.05) is 42.5 Å². The van der Waals surface area contributed by atoms with E-state index in [1.54, 1.807) is 5.38 Å². The second-order valence-corrected chi connectivity index (χ2v) is 8.17. The standard InChI is InChI=1S/C17H16N2O2S2.ClH/c20-23(21,17-11-22-16-4-2-1-3-15(16)17)19-14-6-5-13-10-18-8-7-12(13)9-14;/h1-6,9,11,18-19H,7-8,10H2;1H. The largest absolute Gasteiger partial charge is 0.312 e. The lowest BCUT2D eigenvalue weighted by atomic mass is 10.0. The predicted octanol–water partition coefficient (Wildman–Crippen LogP) is 3.77. The first-order chi connectivity index (χ1) is 11.1. The lowest BCUT2D eigenvalue weighted by Crippen LogP contribution is -2.23. The van der Waals surface area contributed by atoms with Gasteiger partial charge in [0.25, 0.3) is 10.0 Å². The van der Waals surface area contributed by atoms with Gasteiger partial charge in [-0.2, -0.15) is 0 Å². The summed E-state index contributed by atoms with van der Waals surface area (Å²) in [4.78, 5) is 0.345. The third-order valence-corrected chi connectivity index (χ3v) is 6.61. The summed E-state index contributed by atoms with van der Waals surface area (Å²) in [6.45, 7) is 1.77. The molecule has 2 heterocycles. The predicted molar refractivity (Wildman–Crippen MR) is 102 cm³/mol. The summed E-state index contributed by atoms with van der Waals surface area (Å²) in [5, 5.41) is 5.79. The monoisotopic (exact) mass is 380 g/mol. The van der Waals surface area contributed by atoms with Crippen molar-refractivity contribution in [3.8, 4) is 0 Å². The van der Waals surface area contributed by atoms with E-state index in [0.29, 0.717) is 10.6 Å². The van der Waals surface area contributed by atoms with Gasteiger partial charge in [-0.1, -0.05) is 24.3 Å². The molecule has 0 spiro atoms. The molecule has 3 aromatic rings. The van der Waals surface area contributed by atoms with Crippen LogP contribution >= 0.6 is 23.7 Å². The molecule has 0 saturated heterocycles. The van der Waals surface area contributed by atoms with Gasteiger partial charge in [-0.15, -0.1) is 23.7 Å². The van der Waals surface area contributed by atoms with Crippen LogP contribution in [-0.2, 0) is 23.0 Å². The average molecular weight is 381 g/mol. The van der Waals surface area contributed by atoms with Gasteiger partial charge in [-0.05, 0) is 42.3 Å². The zero-order valence-corrected chi connectivity index (χ0v) is 15.2. The second kappa shape index (κ2) is 6.72. The van der Waals surface area contributed by atoms with Crippen LogP contribution in [0.15, 0.2) is 52.7 Å². The molecular weight excluding hydrogens is 364 g/mol. The summed E-state index contributed by atoms with van der Waals surface area (Å²) >= 11 is 1.45. The molecule has 0 fully saturated rings. The van der Waals surface area contributed by atoms with Crippen molar-refractivity contribution >= 4 is 49.5 Å². The minimum absolute atomic E-state index is 0. The first-order valence-corrected chi connectivity index (χ1v) is 9.81. The molecule has 1 aliphatic rings. The molecule has 1 aliphatic heterocycles. The number of rotatable bonds is 3. The van der Waals surface area contributed by atoms with E-state index >= 15 is 0 Å². The molecule has 126 valence electrons. The Hall–Kier alpha value is -1.60. The summed E-state index contributed by atoms with van der Waals surface area (Å²) < 4.78 is 29.2. The first kappa shape index (κ1) is 17.2. The number of thiophene rings is 1. The molecule has 0 saturated carbocycles. The molecule has 2 N–H and O–H groups in total. The van der Waals surface area contributed by atoms with Crippen molar-refractivity contribution in [3.63, 3.8) is 0 Å². The second-order valence-electron chi connectivity index (χ2n) is 5.61. The highest BCUT2D eigenvalue weighted by atomic mass is 35.5. The van der Waals surface area contributed by atoms with Gasteiger partial charge in [0.05, 0.1) is 0 Å². The van der Waals surface area contributed by atoms with E-state index in [0.717, 1.165) is 29.6 Å². The number of sulfonamides is 1. The van der Waals surface area contributed by atoms with Crippen molar-refractivity contribution < 1.29 is 8.42 Å². The Bertz CT molecular complexity index is 983. The summed E-state index contributed by atoms with van der Waals surface area (Å²) in [5.41, 5.74) is 3.07. The average Bonchev–Trinajstić information content (AvgIpc) is 2.99. The lowest BCUT2D eigenvalue weighted by Gasteiger charge is -2.18. The summed E-state index contributed by atoms with van der Waals surface area (Å²) in [6.07, 6.45) is 0.923. The Morgan fingerprint density at radius 3 is 2.79 bits per heavy atom. The fraction of sp³-hybridized carbons (Fsp3) is 0.176. The Balaban J connectivity index is 0.00000169. The normalized spacial score (nSPS) is 14.0. The van der Waals surface area contributed by atoms with E-state index in [9.17, 15) is 8.42 Å². The molecule has 4 nitrogen and oxygen atoms in total. The van der Waals surface area contributed by atoms with Gasteiger partial charge < -0.3 is 5.32 Å². The van der Waals surface area contributed by atoms with E-state index in [-0.39, 0.29) is 12.4 Å². The van der Waals surface area contributed by atoms with E-state index < -0.39 is 10.0 Å². The van der Waals surface area contributed by atoms with Crippen molar-refractivity contribution in [2.45, 2.75) is 17.9 Å². The molecular formula is C17H17ClN2O2S2. The first-order valence-electron chi connectivity index (χ1n) is 7.45. The van der Waals surface area contributed by atoms with Crippen molar-refractivity contribution in [1.82, 2.24) is 5.32 Å². The van der Waals surface area contributed by atoms with Crippen LogP contribution in [0, 0.1) is 0 Å². The highest BCUT2D eigenvalue weighted by Crippen LogP contribution is 2.31. The minimum Gasteiger partial charge on any atom is -0.312 e. The highest BCUT2D eigenvalue weighted by molar-refractivity contribution is 7.93. The van der Waals surface area contributed by atoms with Crippen LogP contribution in [0.1, 0.15) is 11.1 Å². The fourth-order valence-corrected chi connectivity index (χ4v) is 5.47. The molecule has 24 heavy (non-hydrogen) atoms. The fourth-order valence-electron chi connectivity index (χ4n) is 2.91. The molecule has 4 rings (SSSR count). The van der Waals surface area contributed by atoms with Crippen LogP contribution in [0.2, 0.25) is 0 Å². The Morgan fingerprint density at radius 1 is 1.08 bits per heavy atom. The molecule has 0 unspecified atom stereocenters. The molecule has 0 radical (unpaired) electrons. The van der Waals surface area contributed by atoms with Gasteiger partial charge in [0.1, 0.15) is 4.90 Å². The van der Waals surface area contributed by atoms with Crippen LogP contribution in [0.3, 0.4) is 0 Å². The van der Waals surface area contributed by atoms with Crippen LogP contribution in [-0.4, -0.2) is 15.0 Å². The van der Waals surface area contributed by atoms with Crippen LogP contribution in [0.4, 0.5) is 5.69 Å². The maximum atomic E-state index is 12.7. The van der Waals surface area contributed by atoms with E-state index in [1.165, 1.54) is 22.5 Å². The Morgan fingerprint density at radius 2 is 1.92 bits per heavy atom. The molecule has 0 bridgehead atoms. The van der Waals surface area contributed by atoms with Gasteiger partial charge in [0.2, 0.25) is 0 Å². The van der Waals surface area contributed by atoms with Crippen molar-refractivity contribution in [1.29, 1.82) is 0 Å². The number of fused-ring (bicyclic) bond motifs is 2. The topological polar surface area (TPSA) is 58.2 Å². The number of hydrogen-bond acceptors (Lipinski definition) is 4. The number of nitrogens with one attached hydrogen (secondary N) is 2. The smallest absolute Gasteiger partial charge is 0.263 e. The van der Waals surface area contributed by atoms with Crippen LogP contribution in [0.25, 0.3) is 10.1 Å². The Kier molecular flexibility index (Phi) is 4.83. The lowest BCUT2D eigenvalue weighted by molar-refractivity contribution is 0.602. The van der Waals surface area contributed by atoms with Gasteiger partial charge in [0.15, 0.2) is 0 Å². The summed E-state index contributed by atoms with van der Waals surface area (Å²) in [6, 6.07) is 13.3. The SMILES string of the molecule is Cl.O=S(=O)(Nc1ccc2c(c1)CCNC2)c1csc2ccccc12. The third kappa shape index (κ3) is 3.15. The maximum absolute atomic E-state index is 12.7. The van der Waals surface area contributed by atoms with Gasteiger partial charge in [-0.25, -0.2) is 8.42 Å². The minimum atomic E-state index is -3.58. The molecule has 0 atom stereocenters. The highest BCUT2D eigenvalue weighted by Gasteiger charge is 2.19. The van der Waals surface area contributed by atoms with Crippen LogP contribution in [0.5, 0.6) is 0 Å². The number of halogens is 1. The number of benzene rings is 2. The number of hydrogen-bond donors (Lipinski definition) is 2. The zero-order valence-electron chi connectivity index (χ0n) is 12.8. The maximum Gasteiger partial charge on any atom is 0.263 e. The van der Waals surface area contributed by atoms with Crippen LogP contribution < -0.4 is 10.0 Å². The Labute approximate surface area is 151 Å². The van der Waals surface area contributed by atoms with E-state index in [2.05, 4.69) is 10.0 Å². The molecule has 2 aromatic carbocycles. The van der Waals surface area contributed by atoms with E-state index in [4.69, 9.17) is 0 Å². The van der Waals surface area contributed by atoms with Gasteiger partial charge in [-0.3, -0.25) is 4.72 Å². The third-order valence-electron chi connectivity index (χ3n) is 4.08. The number of anilines is 1. The molecule has 7 heteroatoms. The van der Waals surface area contributed by atoms with Crippen molar-refractivity contribution in [3.05, 3.63) is 59.0 Å². The quantitative estimate of drug-likeness (QED) is 0.727. The zero-order chi connectivity index (χ0) is 15.9. The molecule has 1 aromatic heterocycles. The van der Waals surface area contributed by atoms with Gasteiger partial charge in [0, 0.05) is 27.7 Å². The molecule has 0 aliphatic carbocycles. The van der Waals surface area contributed by atoms with Crippen molar-refractivity contribution in [2.24, 2.45) is 0 Å². The van der Waals surface area contributed by atoms with Gasteiger partial charge >= 0.3 is 0 Å². The van der Waals surface area contributed by atoms with Crippen molar-refractivity contribution in [2.75, 3.05) is 11.3 Å².